The van der Waals surface area contributed by atoms with Gasteiger partial charge >= 0.3 is 0 Å². The third kappa shape index (κ3) is 7.22. The van der Waals surface area contributed by atoms with E-state index in [1.165, 1.54) is 15.4 Å². The first-order chi connectivity index (χ1) is 13.7. The van der Waals surface area contributed by atoms with Crippen molar-refractivity contribution in [3.8, 4) is 0 Å². The molecule has 2 unspecified atom stereocenters. The molecule has 0 amide bonds. The van der Waals surface area contributed by atoms with Gasteiger partial charge in [-0.15, -0.1) is 35.3 Å². The Morgan fingerprint density at radius 3 is 2.72 bits per heavy atom. The Labute approximate surface area is 195 Å². The molecule has 1 aliphatic rings. The highest BCUT2D eigenvalue weighted by Gasteiger charge is 2.27. The van der Waals surface area contributed by atoms with E-state index in [9.17, 15) is 0 Å². The maximum Gasteiger partial charge on any atom is 0.191 e. The van der Waals surface area contributed by atoms with Crippen LogP contribution in [0.25, 0.3) is 0 Å². The molecule has 3 rings (SSSR count). The number of aryl methyl sites for hydroxylation is 2. The number of rotatable bonds is 7. The van der Waals surface area contributed by atoms with E-state index >= 15 is 0 Å². The molecule has 0 saturated carbocycles. The number of aromatic nitrogens is 1. The number of halogens is 1. The Hall–Kier alpha value is -1.19. The van der Waals surface area contributed by atoms with Gasteiger partial charge in [-0.05, 0) is 39.2 Å². The van der Waals surface area contributed by atoms with Crippen molar-refractivity contribution in [2.24, 2.45) is 10.9 Å². The van der Waals surface area contributed by atoms with Crippen LogP contribution < -0.4 is 10.6 Å². The first-order valence-electron chi connectivity index (χ1n) is 10.3. The maximum absolute atomic E-state index is 6.10. The Balaban J connectivity index is 0.00000300. The van der Waals surface area contributed by atoms with Gasteiger partial charge in [0.15, 0.2) is 5.96 Å². The second kappa shape index (κ2) is 12.5. The fourth-order valence-corrected chi connectivity index (χ4v) is 4.46. The van der Waals surface area contributed by atoms with E-state index in [0.29, 0.717) is 5.92 Å². The summed E-state index contributed by atoms with van der Waals surface area (Å²) in [5.41, 5.74) is 2.40. The van der Waals surface area contributed by atoms with Crippen LogP contribution in [0, 0.1) is 19.8 Å². The molecule has 1 aromatic carbocycles. The maximum atomic E-state index is 6.10. The zero-order chi connectivity index (χ0) is 19.8. The molecule has 29 heavy (non-hydrogen) atoms. The van der Waals surface area contributed by atoms with E-state index < -0.39 is 0 Å². The molecule has 2 aromatic rings. The van der Waals surface area contributed by atoms with Crippen LogP contribution in [-0.2, 0) is 11.2 Å². The summed E-state index contributed by atoms with van der Waals surface area (Å²) in [6.07, 6.45) is 3.32. The molecule has 1 saturated heterocycles. The molecule has 7 heteroatoms. The van der Waals surface area contributed by atoms with Crippen molar-refractivity contribution < 1.29 is 4.74 Å². The molecule has 0 bridgehead atoms. The Bertz CT molecular complexity index is 746. The van der Waals surface area contributed by atoms with Crippen molar-refractivity contribution in [3.63, 3.8) is 0 Å². The summed E-state index contributed by atoms with van der Waals surface area (Å²) < 4.78 is 6.10. The first kappa shape index (κ1) is 24.1. The molecule has 1 fully saturated rings. The van der Waals surface area contributed by atoms with Gasteiger partial charge in [0.1, 0.15) is 0 Å². The summed E-state index contributed by atoms with van der Waals surface area (Å²) in [4.78, 5) is 10.8. The smallest absolute Gasteiger partial charge is 0.191 e. The van der Waals surface area contributed by atoms with Crippen molar-refractivity contribution in [1.29, 1.82) is 0 Å². The normalized spacial score (nSPS) is 19.5. The Morgan fingerprint density at radius 1 is 1.24 bits per heavy atom. The van der Waals surface area contributed by atoms with Gasteiger partial charge < -0.3 is 15.4 Å². The van der Waals surface area contributed by atoms with E-state index in [-0.39, 0.29) is 30.1 Å². The Morgan fingerprint density at radius 2 is 2.03 bits per heavy atom. The zero-order valence-corrected chi connectivity index (χ0v) is 20.8. The number of aliphatic imine (C=N–C) groups is 1. The lowest BCUT2D eigenvalue weighted by atomic mass is 9.89. The topological polar surface area (TPSA) is 58.5 Å². The molecule has 0 aliphatic carbocycles. The minimum absolute atomic E-state index is 0. The first-order valence-corrected chi connectivity index (χ1v) is 11.1. The largest absolute Gasteiger partial charge is 0.373 e. The van der Waals surface area contributed by atoms with Crippen LogP contribution in [-0.4, -0.2) is 37.2 Å². The molecule has 160 valence electrons. The number of nitrogens with one attached hydrogen (secondary N) is 2. The summed E-state index contributed by atoms with van der Waals surface area (Å²) in [5, 5.41) is 8.00. The third-order valence-corrected chi connectivity index (χ3v) is 6.24. The van der Waals surface area contributed by atoms with Crippen molar-refractivity contribution in [2.45, 2.75) is 46.1 Å². The van der Waals surface area contributed by atoms with Gasteiger partial charge in [-0.2, -0.15) is 0 Å². The number of hydrogen-bond donors (Lipinski definition) is 2. The van der Waals surface area contributed by atoms with Crippen molar-refractivity contribution in [3.05, 3.63) is 51.5 Å². The van der Waals surface area contributed by atoms with E-state index in [1.807, 2.05) is 0 Å². The van der Waals surface area contributed by atoms with Gasteiger partial charge in [0, 0.05) is 43.5 Å². The van der Waals surface area contributed by atoms with Gasteiger partial charge in [0.05, 0.1) is 16.8 Å². The van der Waals surface area contributed by atoms with Crippen LogP contribution in [0.2, 0.25) is 0 Å². The lowest BCUT2D eigenvalue weighted by Crippen LogP contribution is -2.39. The molecule has 2 N–H and O–H groups in total. The highest BCUT2D eigenvalue weighted by atomic mass is 127. The summed E-state index contributed by atoms with van der Waals surface area (Å²) in [6, 6.07) is 10.5. The molecule has 0 spiro atoms. The van der Waals surface area contributed by atoms with Crippen molar-refractivity contribution >= 4 is 41.3 Å². The van der Waals surface area contributed by atoms with Gasteiger partial charge in [-0.1, -0.05) is 30.3 Å². The SMILES string of the molecule is CCNC(=NCC1CCCOC1c1ccccc1)NCCc1nc(C)c(C)s1.I. The van der Waals surface area contributed by atoms with Crippen LogP contribution in [0.15, 0.2) is 35.3 Å². The summed E-state index contributed by atoms with van der Waals surface area (Å²) in [7, 11) is 0. The number of thiazole rings is 1. The van der Waals surface area contributed by atoms with Gasteiger partial charge in [-0.25, -0.2) is 4.98 Å². The van der Waals surface area contributed by atoms with E-state index in [2.05, 4.69) is 66.7 Å². The monoisotopic (exact) mass is 528 g/mol. The van der Waals surface area contributed by atoms with Crippen LogP contribution in [0.5, 0.6) is 0 Å². The molecule has 1 aromatic heterocycles. The molecule has 2 atom stereocenters. The number of hydrogen-bond acceptors (Lipinski definition) is 4. The minimum atomic E-state index is 0. The van der Waals surface area contributed by atoms with E-state index in [4.69, 9.17) is 9.73 Å². The molecule has 0 radical (unpaired) electrons. The van der Waals surface area contributed by atoms with Gasteiger partial charge in [0.25, 0.3) is 0 Å². The van der Waals surface area contributed by atoms with Gasteiger partial charge in [-0.3, -0.25) is 4.99 Å². The fraction of sp³-hybridized carbons (Fsp3) is 0.545. The average Bonchev–Trinajstić information content (AvgIpc) is 3.04. The summed E-state index contributed by atoms with van der Waals surface area (Å²) in [6.45, 7) is 9.59. The number of nitrogens with zero attached hydrogens (tertiary/aromatic N) is 2. The highest BCUT2D eigenvalue weighted by molar-refractivity contribution is 14.0. The Kier molecular flexibility index (Phi) is 10.4. The standard InChI is InChI=1S/C22H32N4OS.HI/c1-4-23-22(24-13-12-20-26-16(2)17(3)28-20)25-15-19-11-8-14-27-21(19)18-9-6-5-7-10-18;/h5-7,9-10,19,21H,4,8,11-15H2,1-3H3,(H2,23,24,25);1H. The van der Waals surface area contributed by atoms with Crippen LogP contribution >= 0.6 is 35.3 Å². The van der Waals surface area contributed by atoms with Crippen molar-refractivity contribution in [1.82, 2.24) is 15.6 Å². The minimum Gasteiger partial charge on any atom is -0.373 e. The van der Waals surface area contributed by atoms with Gasteiger partial charge in [0.2, 0.25) is 0 Å². The highest BCUT2D eigenvalue weighted by Crippen LogP contribution is 2.33. The number of guanidine groups is 1. The lowest BCUT2D eigenvalue weighted by Gasteiger charge is -2.31. The lowest BCUT2D eigenvalue weighted by molar-refractivity contribution is -0.0250. The van der Waals surface area contributed by atoms with Crippen molar-refractivity contribution in [2.75, 3.05) is 26.2 Å². The predicted molar refractivity (Wildman–Crippen MR) is 133 cm³/mol. The average molecular weight is 529 g/mol. The van der Waals surface area contributed by atoms with Crippen LogP contribution in [0.3, 0.4) is 0 Å². The quantitative estimate of drug-likeness (QED) is 0.312. The summed E-state index contributed by atoms with van der Waals surface area (Å²) in [5.74, 6) is 1.29. The molecule has 1 aliphatic heterocycles. The molecular formula is C22H33IN4OS. The molecule has 2 heterocycles. The number of benzene rings is 1. The predicted octanol–water partition coefficient (Wildman–Crippen LogP) is 4.64. The van der Waals surface area contributed by atoms with E-state index in [0.717, 1.165) is 57.2 Å². The summed E-state index contributed by atoms with van der Waals surface area (Å²) >= 11 is 1.79. The zero-order valence-electron chi connectivity index (χ0n) is 17.6. The third-order valence-electron chi connectivity index (χ3n) is 5.11. The fourth-order valence-electron chi connectivity index (χ4n) is 3.53. The van der Waals surface area contributed by atoms with Crippen LogP contribution in [0.1, 0.15) is 47.0 Å². The number of ether oxygens (including phenoxy) is 1. The molecular weight excluding hydrogens is 495 g/mol. The second-order valence-electron chi connectivity index (χ2n) is 7.25. The molecule has 5 nitrogen and oxygen atoms in total. The van der Waals surface area contributed by atoms with E-state index in [1.54, 1.807) is 11.3 Å². The second-order valence-corrected chi connectivity index (χ2v) is 8.54. The van der Waals surface area contributed by atoms with Crippen LogP contribution in [0.4, 0.5) is 0 Å².